The molecule has 0 bridgehead atoms. The normalized spacial score (nSPS) is 16.9. The Morgan fingerprint density at radius 1 is 1.00 bits per heavy atom. The smallest absolute Gasteiger partial charge is 0.337 e. The van der Waals surface area contributed by atoms with Gasteiger partial charge in [-0.05, 0) is 47.6 Å². The molecule has 0 fully saturated rings. The van der Waals surface area contributed by atoms with E-state index in [4.69, 9.17) is 17.0 Å². The number of allylic oxidation sites excluding steroid dienone is 1. The molecule has 28 heavy (non-hydrogen) atoms. The first kappa shape index (κ1) is 18.2. The lowest BCUT2D eigenvalue weighted by Gasteiger charge is -2.37. The molecule has 0 aromatic heterocycles. The molecule has 1 heterocycles. The Hall–Kier alpha value is -3.18. The SMILES string of the molecule is COC(=O)C1=C(C)N(c2ccccc2)C(=S)N[C@@H]1c1cccc2ccccc12. The van der Waals surface area contributed by atoms with Gasteiger partial charge in [0.25, 0.3) is 0 Å². The zero-order valence-electron chi connectivity index (χ0n) is 15.7. The van der Waals surface area contributed by atoms with Crippen molar-refractivity contribution in [2.75, 3.05) is 12.0 Å². The number of fused-ring (bicyclic) bond motifs is 1. The third kappa shape index (κ3) is 3.04. The van der Waals surface area contributed by atoms with Gasteiger partial charge in [-0.15, -0.1) is 0 Å². The molecule has 1 atom stereocenters. The van der Waals surface area contributed by atoms with E-state index in [0.717, 1.165) is 27.7 Å². The summed E-state index contributed by atoms with van der Waals surface area (Å²) in [6.45, 7) is 1.91. The van der Waals surface area contributed by atoms with Crippen LogP contribution in [-0.4, -0.2) is 18.2 Å². The second-order valence-corrected chi connectivity index (χ2v) is 7.00. The van der Waals surface area contributed by atoms with E-state index in [1.165, 1.54) is 7.11 Å². The average molecular weight is 388 g/mol. The fraction of sp³-hybridized carbons (Fsp3) is 0.130. The minimum absolute atomic E-state index is 0.369. The van der Waals surface area contributed by atoms with Gasteiger partial charge < -0.3 is 10.1 Å². The Kier molecular flexibility index (Phi) is 4.84. The molecule has 0 saturated carbocycles. The van der Waals surface area contributed by atoms with Crippen LogP contribution < -0.4 is 10.2 Å². The van der Waals surface area contributed by atoms with Crippen LogP contribution in [-0.2, 0) is 9.53 Å². The van der Waals surface area contributed by atoms with E-state index in [-0.39, 0.29) is 12.0 Å². The summed E-state index contributed by atoms with van der Waals surface area (Å²) in [5.41, 5.74) is 3.21. The lowest BCUT2D eigenvalue weighted by atomic mass is 9.91. The molecular formula is C23H20N2O2S. The summed E-state index contributed by atoms with van der Waals surface area (Å²) in [4.78, 5) is 14.7. The number of rotatable bonds is 3. The van der Waals surface area contributed by atoms with Crippen molar-refractivity contribution in [2.45, 2.75) is 13.0 Å². The predicted octanol–water partition coefficient (Wildman–Crippen LogP) is 4.72. The molecule has 3 aromatic carbocycles. The first-order chi connectivity index (χ1) is 13.6. The van der Waals surface area contributed by atoms with Gasteiger partial charge in [-0.1, -0.05) is 60.7 Å². The van der Waals surface area contributed by atoms with E-state index in [2.05, 4.69) is 23.5 Å². The highest BCUT2D eigenvalue weighted by Crippen LogP contribution is 2.36. The van der Waals surface area contributed by atoms with E-state index >= 15 is 0 Å². The lowest BCUT2D eigenvalue weighted by molar-refractivity contribution is -0.136. The minimum Gasteiger partial charge on any atom is -0.466 e. The predicted molar refractivity (Wildman–Crippen MR) is 116 cm³/mol. The number of methoxy groups -OCH3 is 1. The van der Waals surface area contributed by atoms with E-state index < -0.39 is 0 Å². The zero-order chi connectivity index (χ0) is 19.7. The Bertz CT molecular complexity index is 1090. The number of nitrogens with zero attached hydrogens (tertiary/aromatic N) is 1. The van der Waals surface area contributed by atoms with E-state index in [9.17, 15) is 4.79 Å². The summed E-state index contributed by atoms with van der Waals surface area (Å²) >= 11 is 5.69. The van der Waals surface area contributed by atoms with Gasteiger partial charge in [0, 0.05) is 11.4 Å². The van der Waals surface area contributed by atoms with Crippen LogP contribution in [0.1, 0.15) is 18.5 Å². The first-order valence-corrected chi connectivity index (χ1v) is 9.45. The van der Waals surface area contributed by atoms with Crippen molar-refractivity contribution < 1.29 is 9.53 Å². The van der Waals surface area contributed by atoms with Crippen molar-refractivity contribution >= 4 is 39.8 Å². The molecule has 4 nitrogen and oxygen atoms in total. The third-order valence-electron chi connectivity index (χ3n) is 5.04. The first-order valence-electron chi connectivity index (χ1n) is 9.04. The van der Waals surface area contributed by atoms with Gasteiger partial charge in [0.15, 0.2) is 5.11 Å². The maximum atomic E-state index is 12.8. The number of esters is 1. The maximum absolute atomic E-state index is 12.8. The molecule has 1 aliphatic heterocycles. The summed E-state index contributed by atoms with van der Waals surface area (Å²) in [5, 5.41) is 6.11. The van der Waals surface area contributed by atoms with Crippen LogP contribution in [0.5, 0.6) is 0 Å². The van der Waals surface area contributed by atoms with Crippen LogP contribution in [0, 0.1) is 0 Å². The molecule has 0 aliphatic carbocycles. The zero-order valence-corrected chi connectivity index (χ0v) is 16.5. The number of hydrogen-bond acceptors (Lipinski definition) is 3. The van der Waals surface area contributed by atoms with Gasteiger partial charge in [0.2, 0.25) is 0 Å². The number of hydrogen-bond donors (Lipinski definition) is 1. The van der Waals surface area contributed by atoms with Crippen molar-refractivity contribution in [3.8, 4) is 0 Å². The number of anilines is 1. The van der Waals surface area contributed by atoms with E-state index in [1.807, 2.05) is 66.4 Å². The summed E-state index contributed by atoms with van der Waals surface area (Å²) in [5.74, 6) is -0.369. The maximum Gasteiger partial charge on any atom is 0.337 e. The summed E-state index contributed by atoms with van der Waals surface area (Å²) in [6.07, 6.45) is 0. The number of para-hydroxylation sites is 1. The van der Waals surface area contributed by atoms with Crippen LogP contribution in [0.2, 0.25) is 0 Å². The Morgan fingerprint density at radius 2 is 1.68 bits per heavy atom. The molecule has 0 unspecified atom stereocenters. The number of carbonyl (C=O) groups excluding carboxylic acids is 1. The fourth-order valence-corrected chi connectivity index (χ4v) is 4.10. The molecule has 3 aromatic rings. The van der Waals surface area contributed by atoms with Gasteiger partial charge in [-0.25, -0.2) is 4.79 Å². The molecule has 0 spiro atoms. The highest BCUT2D eigenvalue weighted by atomic mass is 32.1. The Labute approximate surface area is 169 Å². The standard InChI is InChI=1S/C23H20N2O2S/c1-15-20(22(26)27-2)21(19-14-8-10-16-9-6-7-13-18(16)19)24-23(28)25(15)17-11-4-3-5-12-17/h3-14,21H,1-2H3,(H,24,28)/t21-/m1/s1. The van der Waals surface area contributed by atoms with Gasteiger partial charge in [0.05, 0.1) is 18.7 Å². The number of thiocarbonyl (C=S) groups is 1. The van der Waals surface area contributed by atoms with Crippen molar-refractivity contribution in [3.63, 3.8) is 0 Å². The van der Waals surface area contributed by atoms with Crippen molar-refractivity contribution in [3.05, 3.63) is 89.6 Å². The molecule has 0 amide bonds. The largest absolute Gasteiger partial charge is 0.466 e. The van der Waals surface area contributed by atoms with Crippen molar-refractivity contribution in [2.24, 2.45) is 0 Å². The Morgan fingerprint density at radius 3 is 2.43 bits per heavy atom. The molecule has 0 radical (unpaired) electrons. The third-order valence-corrected chi connectivity index (χ3v) is 5.34. The van der Waals surface area contributed by atoms with Gasteiger partial charge in [-0.2, -0.15) is 0 Å². The lowest BCUT2D eigenvalue weighted by Crippen LogP contribution is -2.48. The molecule has 4 rings (SSSR count). The molecule has 1 aliphatic rings. The summed E-state index contributed by atoms with van der Waals surface area (Å²) in [7, 11) is 1.41. The minimum atomic E-state index is -0.383. The van der Waals surface area contributed by atoms with Crippen LogP contribution in [0.4, 0.5) is 5.69 Å². The number of ether oxygens (including phenoxy) is 1. The summed E-state index contributed by atoms with van der Waals surface area (Å²) < 4.78 is 5.14. The number of benzene rings is 3. The number of nitrogens with one attached hydrogen (secondary N) is 1. The van der Waals surface area contributed by atoms with Crippen LogP contribution in [0.3, 0.4) is 0 Å². The van der Waals surface area contributed by atoms with E-state index in [1.54, 1.807) is 0 Å². The topological polar surface area (TPSA) is 41.6 Å². The van der Waals surface area contributed by atoms with Crippen molar-refractivity contribution in [1.82, 2.24) is 5.32 Å². The second kappa shape index (κ2) is 7.44. The Balaban J connectivity index is 1.92. The quantitative estimate of drug-likeness (QED) is 0.519. The molecule has 140 valence electrons. The molecule has 1 N–H and O–H groups in total. The van der Waals surface area contributed by atoms with Crippen molar-refractivity contribution in [1.29, 1.82) is 0 Å². The highest BCUT2D eigenvalue weighted by Gasteiger charge is 2.35. The summed E-state index contributed by atoms with van der Waals surface area (Å²) in [6, 6.07) is 23.6. The number of carbonyl (C=O) groups is 1. The fourth-order valence-electron chi connectivity index (χ4n) is 3.74. The molecular weight excluding hydrogens is 368 g/mol. The molecule has 0 saturated heterocycles. The monoisotopic (exact) mass is 388 g/mol. The van der Waals surface area contributed by atoms with Crippen LogP contribution in [0.15, 0.2) is 84.1 Å². The van der Waals surface area contributed by atoms with Crippen LogP contribution >= 0.6 is 12.2 Å². The molecule has 5 heteroatoms. The second-order valence-electron chi connectivity index (χ2n) is 6.61. The van der Waals surface area contributed by atoms with Gasteiger partial charge in [-0.3, -0.25) is 4.90 Å². The van der Waals surface area contributed by atoms with Gasteiger partial charge >= 0.3 is 5.97 Å². The van der Waals surface area contributed by atoms with E-state index in [0.29, 0.717) is 10.7 Å². The van der Waals surface area contributed by atoms with Gasteiger partial charge in [0.1, 0.15) is 0 Å². The van der Waals surface area contributed by atoms with Crippen LogP contribution in [0.25, 0.3) is 10.8 Å². The highest BCUT2D eigenvalue weighted by molar-refractivity contribution is 7.80. The average Bonchev–Trinajstić information content (AvgIpc) is 2.73.